The lowest BCUT2D eigenvalue weighted by Gasteiger charge is -2.47. The van der Waals surface area contributed by atoms with Crippen LogP contribution in [0.1, 0.15) is 34.9 Å². The van der Waals surface area contributed by atoms with Crippen LogP contribution in [0.2, 0.25) is 5.02 Å². The van der Waals surface area contributed by atoms with Crippen molar-refractivity contribution in [2.75, 3.05) is 6.61 Å². The van der Waals surface area contributed by atoms with E-state index in [0.29, 0.717) is 27.7 Å². The average molecular weight is 540 g/mol. The number of hydrogen-bond acceptors (Lipinski definition) is 8. The number of rotatable bonds is 7. The van der Waals surface area contributed by atoms with Crippen molar-refractivity contribution in [1.29, 1.82) is 0 Å². The van der Waals surface area contributed by atoms with E-state index >= 15 is 0 Å². The van der Waals surface area contributed by atoms with E-state index < -0.39 is 36.9 Å². The number of ketones is 1. The molecule has 6 atom stereocenters. The topological polar surface area (TPSA) is 116 Å². The van der Waals surface area contributed by atoms with E-state index in [4.69, 9.17) is 35.0 Å². The van der Waals surface area contributed by atoms with E-state index in [2.05, 4.69) is 5.32 Å². The van der Waals surface area contributed by atoms with Crippen molar-refractivity contribution in [3.05, 3.63) is 94.9 Å². The SMILES string of the molecule is CC(=O)NC1C(Oc2ccccc2/C=C/C(=O)c2ccc(Cl)cc2)OC2COC(c3ccco3)OC2C1O. The first-order valence-electron chi connectivity index (χ1n) is 12.0. The Morgan fingerprint density at radius 3 is 2.61 bits per heavy atom. The molecule has 2 aromatic carbocycles. The molecule has 10 heteroatoms. The third-order valence-corrected chi connectivity index (χ3v) is 6.47. The fourth-order valence-corrected chi connectivity index (χ4v) is 4.50. The van der Waals surface area contributed by atoms with Crippen LogP contribution in [0.25, 0.3) is 6.08 Å². The number of aliphatic hydroxyl groups excluding tert-OH is 1. The Morgan fingerprint density at radius 1 is 1.08 bits per heavy atom. The predicted molar refractivity (Wildman–Crippen MR) is 136 cm³/mol. The van der Waals surface area contributed by atoms with E-state index in [1.54, 1.807) is 66.7 Å². The molecule has 0 bridgehead atoms. The number of ether oxygens (including phenoxy) is 4. The van der Waals surface area contributed by atoms with Gasteiger partial charge in [0.1, 0.15) is 30.1 Å². The van der Waals surface area contributed by atoms with Gasteiger partial charge >= 0.3 is 0 Å². The Labute approximate surface area is 223 Å². The summed E-state index contributed by atoms with van der Waals surface area (Å²) < 4.78 is 29.3. The van der Waals surface area contributed by atoms with E-state index in [-0.39, 0.29) is 18.3 Å². The second kappa shape index (κ2) is 11.5. The number of hydrogen-bond donors (Lipinski definition) is 2. The molecule has 5 rings (SSSR count). The fourth-order valence-electron chi connectivity index (χ4n) is 4.38. The van der Waals surface area contributed by atoms with Gasteiger partial charge in [-0.3, -0.25) is 9.59 Å². The standard InChI is InChI=1S/C28H26ClNO8/c1-16(31)30-24-25(33)26-23(15-35-27(38-26)22-7-4-14-34-22)37-28(24)36-21-6-3-2-5-18(21)10-13-20(32)17-8-11-19(29)12-9-17/h2-14,23-28,33H,15H2,1H3,(H,30,31)/b13-10+. The number of fused-ring (bicyclic) bond motifs is 1. The van der Waals surface area contributed by atoms with Gasteiger partial charge in [0.25, 0.3) is 0 Å². The third-order valence-electron chi connectivity index (χ3n) is 6.22. The van der Waals surface area contributed by atoms with Crippen LogP contribution in [-0.4, -0.2) is 54.0 Å². The second-order valence-electron chi connectivity index (χ2n) is 8.90. The lowest BCUT2D eigenvalue weighted by Crippen LogP contribution is -2.67. The third kappa shape index (κ3) is 5.82. The first-order chi connectivity index (χ1) is 18.4. The Kier molecular flexibility index (Phi) is 7.92. The molecular weight excluding hydrogens is 514 g/mol. The van der Waals surface area contributed by atoms with Crippen molar-refractivity contribution in [2.24, 2.45) is 0 Å². The number of carbonyl (C=O) groups is 2. The van der Waals surface area contributed by atoms with Crippen molar-refractivity contribution < 1.29 is 38.1 Å². The van der Waals surface area contributed by atoms with Gasteiger partial charge in [0.15, 0.2) is 11.5 Å². The van der Waals surface area contributed by atoms with Gasteiger partial charge in [-0.25, -0.2) is 0 Å². The predicted octanol–water partition coefficient (Wildman–Crippen LogP) is 3.91. The maximum Gasteiger partial charge on any atom is 0.223 e. The van der Waals surface area contributed by atoms with Crippen LogP contribution in [0, 0.1) is 0 Å². The molecule has 0 spiro atoms. The summed E-state index contributed by atoms with van der Waals surface area (Å²) in [6.45, 7) is 1.45. The van der Waals surface area contributed by atoms with E-state index in [1.807, 2.05) is 0 Å². The van der Waals surface area contributed by atoms with Crippen molar-refractivity contribution in [3.63, 3.8) is 0 Å². The van der Waals surface area contributed by atoms with Gasteiger partial charge in [-0.05, 0) is 54.6 Å². The van der Waals surface area contributed by atoms with Crippen LogP contribution in [0.4, 0.5) is 0 Å². The number of aliphatic hydroxyl groups is 1. The van der Waals surface area contributed by atoms with Gasteiger partial charge in [-0.2, -0.15) is 0 Å². The molecule has 2 fully saturated rings. The highest BCUT2D eigenvalue weighted by Crippen LogP contribution is 2.35. The molecule has 2 aliphatic heterocycles. The zero-order valence-electron chi connectivity index (χ0n) is 20.4. The van der Waals surface area contributed by atoms with Crippen LogP contribution in [0.15, 0.2) is 77.4 Å². The molecule has 0 radical (unpaired) electrons. The quantitative estimate of drug-likeness (QED) is 0.343. The van der Waals surface area contributed by atoms with Gasteiger partial charge < -0.3 is 33.8 Å². The number of halogens is 1. The van der Waals surface area contributed by atoms with Gasteiger partial charge in [0, 0.05) is 23.1 Å². The summed E-state index contributed by atoms with van der Waals surface area (Å²) >= 11 is 5.91. The van der Waals surface area contributed by atoms with E-state index in [9.17, 15) is 14.7 Å². The largest absolute Gasteiger partial charge is 0.464 e. The summed E-state index contributed by atoms with van der Waals surface area (Å²) in [7, 11) is 0. The molecule has 2 saturated heterocycles. The molecule has 3 aromatic rings. The summed E-state index contributed by atoms with van der Waals surface area (Å²) in [6, 6.07) is 16.1. The molecule has 198 valence electrons. The molecule has 0 saturated carbocycles. The van der Waals surface area contributed by atoms with Crippen LogP contribution >= 0.6 is 11.6 Å². The van der Waals surface area contributed by atoms with Crippen LogP contribution < -0.4 is 10.1 Å². The minimum Gasteiger partial charge on any atom is -0.464 e. The molecule has 3 heterocycles. The van der Waals surface area contributed by atoms with E-state index in [1.165, 1.54) is 19.3 Å². The minimum atomic E-state index is -1.17. The molecule has 2 N–H and O–H groups in total. The first kappa shape index (κ1) is 26.1. The molecule has 9 nitrogen and oxygen atoms in total. The van der Waals surface area contributed by atoms with Crippen molar-refractivity contribution in [1.82, 2.24) is 5.32 Å². The van der Waals surface area contributed by atoms with Gasteiger partial charge in [0.2, 0.25) is 18.5 Å². The molecule has 1 amide bonds. The van der Waals surface area contributed by atoms with Crippen molar-refractivity contribution in [3.8, 4) is 5.75 Å². The molecule has 2 aliphatic rings. The second-order valence-corrected chi connectivity index (χ2v) is 9.34. The van der Waals surface area contributed by atoms with Crippen LogP contribution in [-0.2, 0) is 19.0 Å². The number of carbonyl (C=O) groups excluding carboxylic acids is 2. The Hall–Kier alpha value is -3.47. The van der Waals surface area contributed by atoms with Crippen LogP contribution in [0.3, 0.4) is 0 Å². The minimum absolute atomic E-state index is 0.108. The summed E-state index contributed by atoms with van der Waals surface area (Å²) in [5.74, 6) is 0.271. The molecule has 0 aliphatic carbocycles. The van der Waals surface area contributed by atoms with Gasteiger partial charge in [-0.1, -0.05) is 29.8 Å². The summed E-state index contributed by atoms with van der Waals surface area (Å²) in [4.78, 5) is 24.6. The summed E-state index contributed by atoms with van der Waals surface area (Å²) in [5, 5.41) is 14.5. The number of nitrogens with one attached hydrogen (secondary N) is 1. The molecule has 6 unspecified atom stereocenters. The number of furan rings is 1. The lowest BCUT2D eigenvalue weighted by atomic mass is 9.95. The van der Waals surface area contributed by atoms with E-state index in [0.717, 1.165) is 0 Å². The fraction of sp³-hybridized carbons (Fsp3) is 0.286. The summed E-state index contributed by atoms with van der Waals surface area (Å²) in [6.07, 6.45) is 0.0407. The Morgan fingerprint density at radius 2 is 1.87 bits per heavy atom. The number of benzene rings is 2. The Bertz CT molecular complexity index is 1290. The average Bonchev–Trinajstić information content (AvgIpc) is 3.45. The maximum atomic E-state index is 12.6. The highest BCUT2D eigenvalue weighted by atomic mass is 35.5. The first-order valence-corrected chi connectivity index (χ1v) is 12.4. The highest BCUT2D eigenvalue weighted by molar-refractivity contribution is 6.30. The maximum absolute atomic E-state index is 12.6. The van der Waals surface area contributed by atoms with Gasteiger partial charge in [0.05, 0.1) is 12.9 Å². The molecular formula is C28H26ClNO8. The smallest absolute Gasteiger partial charge is 0.223 e. The highest BCUT2D eigenvalue weighted by Gasteiger charge is 2.51. The summed E-state index contributed by atoms with van der Waals surface area (Å²) in [5.41, 5.74) is 1.09. The zero-order chi connectivity index (χ0) is 26.6. The number of para-hydroxylation sites is 1. The lowest BCUT2D eigenvalue weighted by molar-refractivity contribution is -0.336. The molecule has 1 aromatic heterocycles. The van der Waals surface area contributed by atoms with Crippen molar-refractivity contribution >= 4 is 29.4 Å². The zero-order valence-corrected chi connectivity index (χ0v) is 21.1. The normalized spacial score (nSPS) is 27.0. The Balaban J connectivity index is 1.34. The number of amides is 1. The molecule has 38 heavy (non-hydrogen) atoms. The van der Waals surface area contributed by atoms with Crippen LogP contribution in [0.5, 0.6) is 5.75 Å². The monoisotopic (exact) mass is 539 g/mol. The van der Waals surface area contributed by atoms with Crippen molar-refractivity contribution in [2.45, 2.75) is 43.9 Å². The number of allylic oxidation sites excluding steroid dienone is 1. The van der Waals surface area contributed by atoms with Gasteiger partial charge in [-0.15, -0.1) is 0 Å².